The van der Waals surface area contributed by atoms with Crippen LogP contribution in [0.2, 0.25) is 0 Å². The van der Waals surface area contributed by atoms with Crippen molar-refractivity contribution >= 4 is 16.9 Å². The molecule has 0 saturated carbocycles. The number of nitrogens with zero attached hydrogens (tertiary/aromatic N) is 7. The van der Waals surface area contributed by atoms with Crippen LogP contribution in [0.4, 0.5) is 5.82 Å². The van der Waals surface area contributed by atoms with Gasteiger partial charge >= 0.3 is 0 Å². The van der Waals surface area contributed by atoms with Crippen molar-refractivity contribution in [1.29, 1.82) is 0 Å². The maximum Gasteiger partial charge on any atom is 0.156 e. The van der Waals surface area contributed by atoms with E-state index < -0.39 is 0 Å². The number of aryl methyl sites for hydroxylation is 1. The maximum absolute atomic E-state index is 5.65. The number of hydrogen-bond acceptors (Lipinski definition) is 7. The molecule has 2 saturated heterocycles. The Hall–Kier alpha value is -2.58. The first kappa shape index (κ1) is 18.4. The van der Waals surface area contributed by atoms with E-state index in [9.17, 15) is 0 Å². The van der Waals surface area contributed by atoms with Gasteiger partial charge in [-0.2, -0.15) is 5.10 Å². The lowest BCUT2D eigenvalue weighted by Gasteiger charge is -2.38. The minimum atomic E-state index is 0.675. The summed E-state index contributed by atoms with van der Waals surface area (Å²) in [5.41, 5.74) is 3.56. The molecule has 0 N–H and O–H groups in total. The predicted octanol–water partition coefficient (Wildman–Crippen LogP) is 1.97. The number of ether oxygens (including phenoxy) is 1. The number of anilines is 1. The van der Waals surface area contributed by atoms with E-state index in [1.807, 2.05) is 25.5 Å². The molecule has 5 rings (SSSR count). The molecule has 0 radical (unpaired) electrons. The Morgan fingerprint density at radius 3 is 2.76 bits per heavy atom. The van der Waals surface area contributed by atoms with Gasteiger partial charge in [0.1, 0.15) is 11.2 Å². The first-order chi connectivity index (χ1) is 14.3. The predicted molar refractivity (Wildman–Crippen MR) is 112 cm³/mol. The van der Waals surface area contributed by atoms with Crippen molar-refractivity contribution in [3.05, 3.63) is 30.9 Å². The zero-order chi connectivity index (χ0) is 19.6. The summed E-state index contributed by atoms with van der Waals surface area (Å²) >= 11 is 0. The molecule has 0 bridgehead atoms. The number of aromatic nitrogens is 5. The number of piperazine rings is 1. The Kier molecular flexibility index (Phi) is 5.12. The van der Waals surface area contributed by atoms with E-state index in [4.69, 9.17) is 14.7 Å². The van der Waals surface area contributed by atoms with Crippen molar-refractivity contribution in [3.8, 4) is 11.3 Å². The second-order valence-corrected chi connectivity index (χ2v) is 8.03. The summed E-state index contributed by atoms with van der Waals surface area (Å²) in [5, 5.41) is 4.33. The molecule has 3 aromatic heterocycles. The van der Waals surface area contributed by atoms with E-state index in [-0.39, 0.29) is 0 Å². The molecule has 2 aliphatic heterocycles. The van der Waals surface area contributed by atoms with E-state index in [0.29, 0.717) is 5.92 Å². The molecule has 152 valence electrons. The third kappa shape index (κ3) is 3.95. The average molecular weight is 393 g/mol. The van der Waals surface area contributed by atoms with E-state index in [0.717, 1.165) is 74.0 Å². The minimum Gasteiger partial charge on any atom is -0.381 e. The third-order valence-corrected chi connectivity index (χ3v) is 5.87. The average Bonchev–Trinajstić information content (AvgIpc) is 3.20. The van der Waals surface area contributed by atoms with Crippen molar-refractivity contribution < 1.29 is 4.74 Å². The lowest BCUT2D eigenvalue weighted by Crippen LogP contribution is -2.48. The Morgan fingerprint density at radius 2 is 2.00 bits per heavy atom. The van der Waals surface area contributed by atoms with Crippen molar-refractivity contribution in [3.63, 3.8) is 0 Å². The molecule has 0 spiro atoms. The van der Waals surface area contributed by atoms with Crippen LogP contribution in [0, 0.1) is 5.92 Å². The van der Waals surface area contributed by atoms with Crippen molar-refractivity contribution in [2.75, 3.05) is 50.8 Å². The van der Waals surface area contributed by atoms with Gasteiger partial charge in [0, 0.05) is 64.3 Å². The molecule has 0 aromatic carbocycles. The quantitative estimate of drug-likeness (QED) is 0.671. The SMILES string of the molecule is Cn1cc(-c2nc3cnccc3nc2N2CCN(CC3CCCOC3)CC2)cn1. The van der Waals surface area contributed by atoms with Gasteiger partial charge in [0.15, 0.2) is 5.82 Å². The molecule has 0 aliphatic carbocycles. The van der Waals surface area contributed by atoms with Gasteiger partial charge in [0.25, 0.3) is 0 Å². The van der Waals surface area contributed by atoms with Crippen LogP contribution in [0.25, 0.3) is 22.3 Å². The Labute approximate surface area is 170 Å². The second-order valence-electron chi connectivity index (χ2n) is 8.03. The summed E-state index contributed by atoms with van der Waals surface area (Å²) in [6, 6.07) is 1.93. The monoisotopic (exact) mass is 393 g/mol. The minimum absolute atomic E-state index is 0.675. The topological polar surface area (TPSA) is 72.2 Å². The standard InChI is InChI=1S/C21H27N7O/c1-26-14-17(11-23-26)20-21(25-18-4-5-22-12-19(18)24-20)28-8-6-27(7-9-28)13-16-3-2-10-29-15-16/h4-5,11-12,14,16H,2-3,6-10,13,15H2,1H3. The highest BCUT2D eigenvalue weighted by Gasteiger charge is 2.25. The van der Waals surface area contributed by atoms with Gasteiger partial charge in [-0.05, 0) is 24.8 Å². The smallest absolute Gasteiger partial charge is 0.156 e. The molecule has 29 heavy (non-hydrogen) atoms. The highest BCUT2D eigenvalue weighted by Crippen LogP contribution is 2.30. The molecule has 1 atom stereocenters. The Bertz CT molecular complexity index is 974. The van der Waals surface area contributed by atoms with Crippen LogP contribution in [0.1, 0.15) is 12.8 Å². The van der Waals surface area contributed by atoms with E-state index in [2.05, 4.69) is 19.9 Å². The molecule has 3 aromatic rings. The van der Waals surface area contributed by atoms with Gasteiger partial charge in [-0.3, -0.25) is 14.6 Å². The zero-order valence-corrected chi connectivity index (χ0v) is 16.9. The number of fused-ring (bicyclic) bond motifs is 1. The van der Waals surface area contributed by atoms with Crippen molar-refractivity contribution in [1.82, 2.24) is 29.6 Å². The normalized spacial score (nSPS) is 21.0. The molecule has 2 fully saturated rings. The summed E-state index contributed by atoms with van der Waals surface area (Å²) in [6.45, 7) is 6.96. The number of pyridine rings is 1. The van der Waals surface area contributed by atoms with Gasteiger partial charge in [-0.25, -0.2) is 9.97 Å². The summed E-state index contributed by atoms with van der Waals surface area (Å²) in [7, 11) is 1.92. The highest BCUT2D eigenvalue weighted by molar-refractivity contribution is 5.82. The first-order valence-electron chi connectivity index (χ1n) is 10.4. The summed E-state index contributed by atoms with van der Waals surface area (Å²) in [6.07, 6.45) is 9.88. The lowest BCUT2D eigenvalue weighted by atomic mass is 10.0. The molecule has 5 heterocycles. The zero-order valence-electron chi connectivity index (χ0n) is 16.9. The summed E-state index contributed by atoms with van der Waals surface area (Å²) in [5.74, 6) is 1.62. The molecule has 1 unspecified atom stereocenters. The van der Waals surface area contributed by atoms with Gasteiger partial charge in [-0.15, -0.1) is 0 Å². The molecule has 2 aliphatic rings. The van der Waals surface area contributed by atoms with E-state index >= 15 is 0 Å². The fourth-order valence-corrected chi connectivity index (χ4v) is 4.31. The lowest BCUT2D eigenvalue weighted by molar-refractivity contribution is 0.0377. The van der Waals surface area contributed by atoms with Crippen LogP contribution in [0.3, 0.4) is 0 Å². The van der Waals surface area contributed by atoms with Crippen molar-refractivity contribution in [2.45, 2.75) is 12.8 Å². The molecule has 8 heteroatoms. The van der Waals surface area contributed by atoms with Crippen molar-refractivity contribution in [2.24, 2.45) is 13.0 Å². The first-order valence-corrected chi connectivity index (χ1v) is 10.4. The largest absolute Gasteiger partial charge is 0.381 e. The summed E-state index contributed by atoms with van der Waals surface area (Å²) < 4.78 is 7.46. The Balaban J connectivity index is 1.38. The van der Waals surface area contributed by atoms with Gasteiger partial charge in [0.05, 0.1) is 24.5 Å². The second kappa shape index (κ2) is 8.04. The molecular weight excluding hydrogens is 366 g/mol. The molecule has 8 nitrogen and oxygen atoms in total. The maximum atomic E-state index is 5.65. The van der Waals surface area contributed by atoms with Crippen LogP contribution in [-0.4, -0.2) is 75.6 Å². The van der Waals surface area contributed by atoms with Crippen LogP contribution < -0.4 is 4.90 Å². The molecular formula is C21H27N7O. The third-order valence-electron chi connectivity index (χ3n) is 5.87. The van der Waals surface area contributed by atoms with Gasteiger partial charge in [0.2, 0.25) is 0 Å². The van der Waals surface area contributed by atoms with Crippen LogP contribution in [-0.2, 0) is 11.8 Å². The van der Waals surface area contributed by atoms with E-state index in [1.54, 1.807) is 17.1 Å². The Morgan fingerprint density at radius 1 is 1.10 bits per heavy atom. The fourth-order valence-electron chi connectivity index (χ4n) is 4.31. The van der Waals surface area contributed by atoms with Gasteiger partial charge < -0.3 is 9.64 Å². The van der Waals surface area contributed by atoms with E-state index in [1.165, 1.54) is 12.8 Å². The number of rotatable bonds is 4. The van der Waals surface area contributed by atoms with Crippen LogP contribution in [0.5, 0.6) is 0 Å². The number of hydrogen-bond donors (Lipinski definition) is 0. The van der Waals surface area contributed by atoms with Gasteiger partial charge in [-0.1, -0.05) is 0 Å². The fraction of sp³-hybridized carbons (Fsp3) is 0.524. The highest BCUT2D eigenvalue weighted by atomic mass is 16.5. The molecule has 0 amide bonds. The van der Waals surface area contributed by atoms with Crippen LogP contribution >= 0.6 is 0 Å². The summed E-state index contributed by atoms with van der Waals surface area (Å²) in [4.78, 5) is 19.0. The van der Waals surface area contributed by atoms with Crippen LogP contribution in [0.15, 0.2) is 30.9 Å².